The highest BCUT2D eigenvalue weighted by molar-refractivity contribution is 6.42. The van der Waals surface area contributed by atoms with E-state index in [0.29, 0.717) is 34.5 Å². The van der Waals surface area contributed by atoms with E-state index in [4.69, 9.17) is 23.2 Å². The lowest BCUT2D eigenvalue weighted by atomic mass is 10.1. The van der Waals surface area contributed by atoms with Gasteiger partial charge in [0, 0.05) is 17.8 Å². The van der Waals surface area contributed by atoms with Crippen molar-refractivity contribution in [3.63, 3.8) is 0 Å². The maximum absolute atomic E-state index is 12.5. The second-order valence-corrected chi connectivity index (χ2v) is 7.77. The van der Waals surface area contributed by atoms with Gasteiger partial charge in [0.2, 0.25) is 0 Å². The van der Waals surface area contributed by atoms with Crippen LogP contribution in [-0.4, -0.2) is 30.4 Å². The van der Waals surface area contributed by atoms with E-state index in [1.807, 2.05) is 6.07 Å². The van der Waals surface area contributed by atoms with E-state index < -0.39 is 4.92 Å². The highest BCUT2D eigenvalue weighted by Crippen LogP contribution is 2.23. The maximum atomic E-state index is 12.5. The molecule has 0 aliphatic carbocycles. The van der Waals surface area contributed by atoms with Crippen LogP contribution in [0, 0.1) is 10.1 Å². The van der Waals surface area contributed by atoms with Crippen LogP contribution in [-0.2, 0) is 13.1 Å². The lowest BCUT2D eigenvalue weighted by Gasteiger charge is -2.06. The van der Waals surface area contributed by atoms with Gasteiger partial charge in [-0.2, -0.15) is 10.2 Å². The van der Waals surface area contributed by atoms with E-state index in [-0.39, 0.29) is 11.6 Å². The number of nitro groups is 1. The fourth-order valence-electron chi connectivity index (χ4n) is 3.01. The Balaban J connectivity index is 1.36. The Kier molecular flexibility index (Phi) is 6.20. The Hall–Kier alpha value is -3.69. The fourth-order valence-corrected chi connectivity index (χ4v) is 3.33. The van der Waals surface area contributed by atoms with Crippen LogP contribution in [0.4, 0.5) is 11.5 Å². The largest absolute Gasteiger partial charge is 0.307 e. The molecule has 4 rings (SSSR count). The Morgan fingerprint density at radius 1 is 1.00 bits per heavy atom. The Morgan fingerprint density at radius 2 is 1.72 bits per heavy atom. The summed E-state index contributed by atoms with van der Waals surface area (Å²) in [6, 6.07) is 13.9. The predicted octanol–water partition coefficient (Wildman–Crippen LogP) is 4.64. The van der Waals surface area contributed by atoms with Crippen molar-refractivity contribution >= 4 is 40.6 Å². The van der Waals surface area contributed by atoms with Gasteiger partial charge in [0.1, 0.15) is 12.4 Å². The molecular formula is C21H16Cl2N6O3. The van der Waals surface area contributed by atoms with Crippen LogP contribution in [0.5, 0.6) is 0 Å². The van der Waals surface area contributed by atoms with Crippen LogP contribution < -0.4 is 5.32 Å². The summed E-state index contributed by atoms with van der Waals surface area (Å²) in [5, 5.41) is 22.8. The van der Waals surface area contributed by atoms with Gasteiger partial charge >= 0.3 is 5.69 Å². The van der Waals surface area contributed by atoms with Crippen molar-refractivity contribution in [2.75, 3.05) is 5.32 Å². The third-order valence-corrected chi connectivity index (χ3v) is 5.34. The number of rotatable bonds is 7. The zero-order chi connectivity index (χ0) is 22.7. The second kappa shape index (κ2) is 9.21. The average Bonchev–Trinajstić information content (AvgIpc) is 3.41. The van der Waals surface area contributed by atoms with Gasteiger partial charge in [0.25, 0.3) is 5.91 Å². The lowest BCUT2D eigenvalue weighted by Crippen LogP contribution is -2.13. The minimum Gasteiger partial charge on any atom is -0.305 e. The molecule has 9 nitrogen and oxygen atoms in total. The Morgan fingerprint density at radius 3 is 2.41 bits per heavy atom. The molecule has 162 valence electrons. The number of aromatic nitrogens is 4. The minimum absolute atomic E-state index is 0.0698. The van der Waals surface area contributed by atoms with Crippen molar-refractivity contribution in [3.8, 4) is 0 Å². The number of hydrogen-bond donors (Lipinski definition) is 1. The zero-order valence-corrected chi connectivity index (χ0v) is 18.0. The number of anilines is 1. The number of carbonyl (C=O) groups excluding carboxylic acids is 1. The molecular weight excluding hydrogens is 455 g/mol. The maximum Gasteiger partial charge on any atom is 0.307 e. The van der Waals surface area contributed by atoms with Gasteiger partial charge in [0.05, 0.1) is 28.1 Å². The molecule has 0 saturated heterocycles. The predicted molar refractivity (Wildman–Crippen MR) is 120 cm³/mol. The Bertz CT molecular complexity index is 1280. The van der Waals surface area contributed by atoms with Crippen molar-refractivity contribution in [3.05, 3.63) is 104 Å². The molecule has 2 aromatic carbocycles. The molecule has 0 spiro atoms. The van der Waals surface area contributed by atoms with Crippen molar-refractivity contribution in [2.45, 2.75) is 13.1 Å². The molecule has 4 aromatic rings. The average molecular weight is 471 g/mol. The molecule has 0 unspecified atom stereocenters. The second-order valence-electron chi connectivity index (χ2n) is 6.95. The topological polar surface area (TPSA) is 108 Å². The summed E-state index contributed by atoms with van der Waals surface area (Å²) in [6.07, 6.45) is 4.31. The van der Waals surface area contributed by atoms with Gasteiger partial charge in [0.15, 0.2) is 5.82 Å². The van der Waals surface area contributed by atoms with E-state index in [9.17, 15) is 14.9 Å². The summed E-state index contributed by atoms with van der Waals surface area (Å²) >= 11 is 12.0. The standard InChI is InChI=1S/C21H16Cl2N6O3/c22-18-6-3-15(9-19(18)23)12-27-8-7-20(26-27)25-21(30)16-4-1-14(2-5-16)11-28-13-17(10-24-28)29(31)32/h1-10,13H,11-12H2,(H,25,26,30). The van der Waals surface area contributed by atoms with Crippen molar-refractivity contribution in [1.29, 1.82) is 0 Å². The van der Waals surface area contributed by atoms with Crippen molar-refractivity contribution in [1.82, 2.24) is 19.6 Å². The zero-order valence-electron chi connectivity index (χ0n) is 16.5. The van der Waals surface area contributed by atoms with Crippen LogP contribution in [0.3, 0.4) is 0 Å². The van der Waals surface area contributed by atoms with Crippen LogP contribution in [0.25, 0.3) is 0 Å². The molecule has 0 atom stereocenters. The summed E-state index contributed by atoms with van der Waals surface area (Å²) in [7, 11) is 0. The molecule has 0 radical (unpaired) electrons. The SMILES string of the molecule is O=C(Nc1ccn(Cc2ccc(Cl)c(Cl)c2)n1)c1ccc(Cn2cc([N+](=O)[O-])cn2)cc1. The Labute approximate surface area is 192 Å². The summed E-state index contributed by atoms with van der Waals surface area (Å²) in [5.74, 6) is 0.119. The summed E-state index contributed by atoms with van der Waals surface area (Å²) in [6.45, 7) is 0.835. The highest BCUT2D eigenvalue weighted by atomic mass is 35.5. The first-order chi connectivity index (χ1) is 15.4. The molecule has 1 amide bonds. The smallest absolute Gasteiger partial charge is 0.305 e. The van der Waals surface area contributed by atoms with E-state index in [0.717, 1.165) is 11.1 Å². The summed E-state index contributed by atoms with van der Waals surface area (Å²) in [5.41, 5.74) is 2.17. The molecule has 32 heavy (non-hydrogen) atoms. The molecule has 0 aliphatic rings. The number of hydrogen-bond acceptors (Lipinski definition) is 5. The normalized spacial score (nSPS) is 10.8. The quantitative estimate of drug-likeness (QED) is 0.312. The van der Waals surface area contributed by atoms with Gasteiger partial charge in [-0.3, -0.25) is 24.3 Å². The molecule has 2 heterocycles. The van der Waals surface area contributed by atoms with Gasteiger partial charge in [-0.05, 0) is 35.4 Å². The minimum atomic E-state index is -0.497. The third-order valence-electron chi connectivity index (χ3n) is 4.60. The molecule has 0 bridgehead atoms. The summed E-state index contributed by atoms with van der Waals surface area (Å²) < 4.78 is 3.15. The van der Waals surface area contributed by atoms with Crippen LogP contribution in [0.2, 0.25) is 10.0 Å². The molecule has 11 heteroatoms. The van der Waals surface area contributed by atoms with Gasteiger partial charge < -0.3 is 5.32 Å². The third kappa shape index (κ3) is 5.13. The number of carbonyl (C=O) groups is 1. The van der Waals surface area contributed by atoms with Crippen molar-refractivity contribution in [2.24, 2.45) is 0 Å². The number of amides is 1. The molecule has 0 saturated carbocycles. The molecule has 2 aromatic heterocycles. The fraction of sp³-hybridized carbons (Fsp3) is 0.0952. The van der Waals surface area contributed by atoms with Crippen LogP contribution in [0.15, 0.2) is 67.1 Å². The lowest BCUT2D eigenvalue weighted by molar-refractivity contribution is -0.385. The van der Waals surface area contributed by atoms with Crippen LogP contribution >= 0.6 is 23.2 Å². The van der Waals surface area contributed by atoms with Crippen LogP contribution in [0.1, 0.15) is 21.5 Å². The monoisotopic (exact) mass is 470 g/mol. The van der Waals surface area contributed by atoms with E-state index >= 15 is 0 Å². The molecule has 1 N–H and O–H groups in total. The molecule has 0 aliphatic heterocycles. The van der Waals surface area contributed by atoms with E-state index in [2.05, 4.69) is 15.5 Å². The summed E-state index contributed by atoms with van der Waals surface area (Å²) in [4.78, 5) is 22.8. The van der Waals surface area contributed by atoms with E-state index in [1.54, 1.807) is 53.3 Å². The van der Waals surface area contributed by atoms with Gasteiger partial charge in [-0.15, -0.1) is 0 Å². The first kappa shape index (κ1) is 21.5. The van der Waals surface area contributed by atoms with Crippen molar-refractivity contribution < 1.29 is 9.72 Å². The first-order valence-electron chi connectivity index (χ1n) is 9.42. The number of halogens is 2. The molecule has 0 fully saturated rings. The van der Waals surface area contributed by atoms with E-state index in [1.165, 1.54) is 17.1 Å². The van der Waals surface area contributed by atoms with Gasteiger partial charge in [-0.25, -0.2) is 0 Å². The highest BCUT2D eigenvalue weighted by Gasteiger charge is 2.11. The number of nitrogens with one attached hydrogen (secondary N) is 1. The first-order valence-corrected chi connectivity index (χ1v) is 10.2. The number of benzene rings is 2. The number of nitrogens with zero attached hydrogens (tertiary/aromatic N) is 5. The van der Waals surface area contributed by atoms with Gasteiger partial charge in [-0.1, -0.05) is 41.4 Å².